The molecule has 1 amide bonds. The van der Waals surface area contributed by atoms with Crippen LogP contribution in [-0.2, 0) is 9.59 Å². The molecule has 0 aromatic carbocycles. The van der Waals surface area contributed by atoms with Crippen LogP contribution in [0.5, 0.6) is 0 Å². The van der Waals surface area contributed by atoms with Crippen molar-refractivity contribution in [1.29, 1.82) is 0 Å². The first-order chi connectivity index (χ1) is 7.97. The van der Waals surface area contributed by atoms with Crippen LogP contribution in [-0.4, -0.2) is 36.1 Å². The Morgan fingerprint density at radius 3 is 2.47 bits per heavy atom. The number of carbonyl (C=O) groups is 2. The van der Waals surface area contributed by atoms with Gasteiger partial charge in [-0.3, -0.25) is 9.59 Å². The van der Waals surface area contributed by atoms with Gasteiger partial charge in [0.15, 0.2) is 0 Å². The number of aliphatic carboxylic acids is 1. The third kappa shape index (κ3) is 8.68. The Balaban J connectivity index is 3.55. The molecule has 0 aliphatic heterocycles. The van der Waals surface area contributed by atoms with Gasteiger partial charge < -0.3 is 15.7 Å². The summed E-state index contributed by atoms with van der Waals surface area (Å²) in [7, 11) is 0. The minimum atomic E-state index is -0.780. The highest BCUT2D eigenvalue weighted by atomic mass is 16.4. The van der Waals surface area contributed by atoms with Gasteiger partial charge in [-0.25, -0.2) is 0 Å². The van der Waals surface area contributed by atoms with E-state index in [4.69, 9.17) is 5.11 Å². The Hall–Kier alpha value is -1.10. The van der Waals surface area contributed by atoms with E-state index in [0.29, 0.717) is 25.8 Å². The zero-order chi connectivity index (χ0) is 13.3. The van der Waals surface area contributed by atoms with Gasteiger partial charge >= 0.3 is 5.97 Å². The van der Waals surface area contributed by atoms with E-state index in [1.807, 2.05) is 13.8 Å². The summed E-state index contributed by atoms with van der Waals surface area (Å²) in [4.78, 5) is 22.0. The van der Waals surface area contributed by atoms with Crippen molar-refractivity contribution in [1.82, 2.24) is 10.6 Å². The molecular weight excluding hydrogens is 220 g/mol. The molecule has 0 heterocycles. The van der Waals surface area contributed by atoms with Crippen LogP contribution >= 0.6 is 0 Å². The van der Waals surface area contributed by atoms with Crippen LogP contribution in [0, 0.1) is 5.92 Å². The van der Waals surface area contributed by atoms with Crippen molar-refractivity contribution in [3.63, 3.8) is 0 Å². The zero-order valence-electron chi connectivity index (χ0n) is 11.0. The second-order valence-corrected chi connectivity index (χ2v) is 4.39. The SMILES string of the molecule is CCNC(C)CC(=O)NCCCC(C)C(=O)O. The van der Waals surface area contributed by atoms with Gasteiger partial charge in [-0.2, -0.15) is 0 Å². The van der Waals surface area contributed by atoms with Crippen LogP contribution < -0.4 is 10.6 Å². The number of rotatable bonds is 9. The molecule has 0 aliphatic rings. The standard InChI is InChI=1S/C12H24N2O3/c1-4-13-10(3)8-11(15)14-7-5-6-9(2)12(16)17/h9-10,13H,4-8H2,1-3H3,(H,14,15)(H,16,17). The van der Waals surface area contributed by atoms with Crippen molar-refractivity contribution in [3.8, 4) is 0 Å². The molecule has 0 saturated heterocycles. The fraction of sp³-hybridized carbons (Fsp3) is 0.833. The van der Waals surface area contributed by atoms with Gasteiger partial charge in [0.1, 0.15) is 0 Å². The van der Waals surface area contributed by atoms with E-state index in [9.17, 15) is 9.59 Å². The topological polar surface area (TPSA) is 78.4 Å². The first-order valence-electron chi connectivity index (χ1n) is 6.20. The highest BCUT2D eigenvalue weighted by Gasteiger charge is 2.11. The molecule has 0 spiro atoms. The second-order valence-electron chi connectivity index (χ2n) is 4.39. The summed E-state index contributed by atoms with van der Waals surface area (Å²) in [5, 5.41) is 14.6. The highest BCUT2D eigenvalue weighted by Crippen LogP contribution is 2.04. The fourth-order valence-corrected chi connectivity index (χ4v) is 1.53. The van der Waals surface area contributed by atoms with Gasteiger partial charge in [0.05, 0.1) is 5.92 Å². The monoisotopic (exact) mass is 244 g/mol. The van der Waals surface area contributed by atoms with Crippen molar-refractivity contribution in [2.24, 2.45) is 5.92 Å². The summed E-state index contributed by atoms with van der Waals surface area (Å²) in [5.74, 6) is -1.11. The van der Waals surface area contributed by atoms with E-state index in [2.05, 4.69) is 10.6 Å². The van der Waals surface area contributed by atoms with Gasteiger partial charge in [-0.1, -0.05) is 13.8 Å². The molecular formula is C12H24N2O3. The number of nitrogens with one attached hydrogen (secondary N) is 2. The Bertz CT molecular complexity index is 244. The number of carboxylic acids is 1. The van der Waals surface area contributed by atoms with Crippen LogP contribution in [0.4, 0.5) is 0 Å². The molecule has 0 bridgehead atoms. The quantitative estimate of drug-likeness (QED) is 0.529. The third-order valence-corrected chi connectivity index (χ3v) is 2.60. The average molecular weight is 244 g/mol. The highest BCUT2D eigenvalue weighted by molar-refractivity contribution is 5.76. The second kappa shape index (κ2) is 8.98. The number of carbonyl (C=O) groups excluding carboxylic acids is 1. The molecule has 0 aliphatic carbocycles. The molecule has 0 saturated carbocycles. The Morgan fingerprint density at radius 1 is 1.29 bits per heavy atom. The lowest BCUT2D eigenvalue weighted by molar-refractivity contribution is -0.141. The van der Waals surface area contributed by atoms with Crippen molar-refractivity contribution < 1.29 is 14.7 Å². The van der Waals surface area contributed by atoms with Crippen LogP contribution in [0.1, 0.15) is 40.0 Å². The smallest absolute Gasteiger partial charge is 0.306 e. The van der Waals surface area contributed by atoms with Crippen molar-refractivity contribution in [2.45, 2.75) is 46.1 Å². The molecule has 0 rings (SSSR count). The largest absolute Gasteiger partial charge is 0.481 e. The molecule has 2 unspecified atom stereocenters. The number of carboxylic acid groups (broad SMARTS) is 1. The summed E-state index contributed by atoms with van der Waals surface area (Å²) < 4.78 is 0. The van der Waals surface area contributed by atoms with Crippen LogP contribution in [0.25, 0.3) is 0 Å². The Kier molecular flexibility index (Phi) is 8.40. The van der Waals surface area contributed by atoms with Crippen molar-refractivity contribution in [2.75, 3.05) is 13.1 Å². The summed E-state index contributed by atoms with van der Waals surface area (Å²) in [6.07, 6.45) is 1.76. The van der Waals surface area contributed by atoms with Gasteiger partial charge in [0, 0.05) is 19.0 Å². The molecule has 5 heteroatoms. The molecule has 100 valence electrons. The molecule has 3 N–H and O–H groups in total. The van der Waals surface area contributed by atoms with Crippen molar-refractivity contribution >= 4 is 11.9 Å². The van der Waals surface area contributed by atoms with Crippen LogP contribution in [0.2, 0.25) is 0 Å². The van der Waals surface area contributed by atoms with E-state index < -0.39 is 5.97 Å². The molecule has 0 radical (unpaired) electrons. The summed E-state index contributed by atoms with van der Waals surface area (Å²) in [6, 6.07) is 0.179. The molecule has 5 nitrogen and oxygen atoms in total. The van der Waals surface area contributed by atoms with Crippen LogP contribution in [0.3, 0.4) is 0 Å². The summed E-state index contributed by atoms with van der Waals surface area (Å²) in [6.45, 7) is 7.05. The first-order valence-corrected chi connectivity index (χ1v) is 6.20. The minimum absolute atomic E-state index is 0.0152. The molecule has 0 aromatic rings. The molecule has 0 aromatic heterocycles. The van der Waals surface area contributed by atoms with Gasteiger partial charge in [0.25, 0.3) is 0 Å². The predicted molar refractivity (Wildman–Crippen MR) is 66.8 cm³/mol. The Labute approximate surface area is 103 Å². The third-order valence-electron chi connectivity index (χ3n) is 2.60. The van der Waals surface area contributed by atoms with Crippen molar-refractivity contribution in [3.05, 3.63) is 0 Å². The summed E-state index contributed by atoms with van der Waals surface area (Å²) >= 11 is 0. The molecule has 17 heavy (non-hydrogen) atoms. The van der Waals surface area contributed by atoms with E-state index >= 15 is 0 Å². The number of amides is 1. The average Bonchev–Trinajstić information content (AvgIpc) is 2.24. The van der Waals surface area contributed by atoms with Gasteiger partial charge in [-0.15, -0.1) is 0 Å². The first kappa shape index (κ1) is 15.9. The van der Waals surface area contributed by atoms with Gasteiger partial charge in [0.2, 0.25) is 5.91 Å². The maximum atomic E-state index is 11.4. The minimum Gasteiger partial charge on any atom is -0.481 e. The maximum absolute atomic E-state index is 11.4. The predicted octanol–water partition coefficient (Wildman–Crippen LogP) is 0.992. The van der Waals surface area contributed by atoms with E-state index in [1.54, 1.807) is 6.92 Å². The van der Waals surface area contributed by atoms with E-state index in [1.165, 1.54) is 0 Å². The lowest BCUT2D eigenvalue weighted by Crippen LogP contribution is -2.34. The number of hydrogen-bond donors (Lipinski definition) is 3. The molecule has 0 fully saturated rings. The number of hydrogen-bond acceptors (Lipinski definition) is 3. The Morgan fingerprint density at radius 2 is 1.94 bits per heavy atom. The van der Waals surface area contributed by atoms with Gasteiger partial charge in [-0.05, 0) is 26.3 Å². The molecule has 2 atom stereocenters. The van der Waals surface area contributed by atoms with E-state index in [0.717, 1.165) is 6.54 Å². The normalized spacial score (nSPS) is 14.1. The fourth-order valence-electron chi connectivity index (χ4n) is 1.53. The zero-order valence-corrected chi connectivity index (χ0v) is 11.0. The van der Waals surface area contributed by atoms with E-state index in [-0.39, 0.29) is 17.9 Å². The lowest BCUT2D eigenvalue weighted by Gasteiger charge is -2.12. The maximum Gasteiger partial charge on any atom is 0.306 e. The van der Waals surface area contributed by atoms with Crippen LogP contribution in [0.15, 0.2) is 0 Å². The lowest BCUT2D eigenvalue weighted by atomic mass is 10.1. The summed E-state index contributed by atoms with van der Waals surface area (Å²) in [5.41, 5.74) is 0.